The summed E-state index contributed by atoms with van der Waals surface area (Å²) in [7, 11) is 0. The third kappa shape index (κ3) is 1.54. The Hall–Kier alpha value is -2.07. The molecule has 0 fully saturated rings. The highest BCUT2D eigenvalue weighted by Gasteiger charge is 2.15. The summed E-state index contributed by atoms with van der Waals surface area (Å²) in [6.07, 6.45) is 1.86. The number of thiophene rings is 1. The average Bonchev–Trinajstić information content (AvgIpc) is 2.97. The number of benzene rings is 1. The Morgan fingerprint density at radius 1 is 1.18 bits per heavy atom. The number of aromatic carboxylic acids is 1. The van der Waals surface area contributed by atoms with Crippen molar-refractivity contribution < 1.29 is 9.90 Å². The van der Waals surface area contributed by atoms with E-state index in [1.807, 2.05) is 36.5 Å². The number of para-hydroxylation sites is 1. The van der Waals surface area contributed by atoms with Gasteiger partial charge in [0.2, 0.25) is 0 Å². The van der Waals surface area contributed by atoms with E-state index < -0.39 is 5.97 Å². The van der Waals surface area contributed by atoms with Crippen molar-refractivity contribution in [3.8, 4) is 11.1 Å². The summed E-state index contributed by atoms with van der Waals surface area (Å²) in [5, 5.41) is 12.0. The van der Waals surface area contributed by atoms with Crippen molar-refractivity contribution in [1.82, 2.24) is 4.98 Å². The first kappa shape index (κ1) is 10.1. The van der Waals surface area contributed by atoms with E-state index in [4.69, 9.17) is 5.11 Å². The number of H-pyrrole nitrogens is 1. The van der Waals surface area contributed by atoms with Gasteiger partial charge in [0.25, 0.3) is 0 Å². The minimum absolute atomic E-state index is 0.382. The zero-order chi connectivity index (χ0) is 11.8. The van der Waals surface area contributed by atoms with Crippen molar-refractivity contribution in [1.29, 1.82) is 0 Å². The van der Waals surface area contributed by atoms with Crippen molar-refractivity contribution in [2.75, 3.05) is 0 Å². The minimum Gasteiger partial charge on any atom is -0.477 e. The van der Waals surface area contributed by atoms with Crippen LogP contribution in [0.1, 0.15) is 9.67 Å². The number of aromatic nitrogens is 1. The van der Waals surface area contributed by atoms with E-state index in [1.54, 1.807) is 5.38 Å². The van der Waals surface area contributed by atoms with Crippen LogP contribution in [0.25, 0.3) is 22.0 Å². The Balaban J connectivity index is 2.30. The molecule has 3 nitrogen and oxygen atoms in total. The minimum atomic E-state index is -0.876. The lowest BCUT2D eigenvalue weighted by atomic mass is 10.0. The predicted octanol–water partition coefficient (Wildman–Crippen LogP) is 3.59. The summed E-state index contributed by atoms with van der Waals surface area (Å²) >= 11 is 1.25. The van der Waals surface area contributed by atoms with Gasteiger partial charge in [-0.25, -0.2) is 4.79 Å². The van der Waals surface area contributed by atoms with Gasteiger partial charge in [0.1, 0.15) is 4.88 Å². The normalized spacial score (nSPS) is 10.8. The van der Waals surface area contributed by atoms with Gasteiger partial charge in [-0.1, -0.05) is 18.2 Å². The molecule has 0 bridgehead atoms. The van der Waals surface area contributed by atoms with Gasteiger partial charge in [0.05, 0.1) is 5.52 Å². The number of nitrogens with one attached hydrogen (secondary N) is 1. The van der Waals surface area contributed by atoms with Crippen LogP contribution < -0.4 is 0 Å². The molecule has 0 saturated heterocycles. The standard InChI is InChI=1S/C13H9NO2S/c15-13(16)12-10(5-7-17-12)9-3-1-2-8-4-6-14-11(8)9/h1-7,14H,(H,15,16). The quantitative estimate of drug-likeness (QED) is 0.722. The van der Waals surface area contributed by atoms with Gasteiger partial charge < -0.3 is 10.1 Å². The average molecular weight is 243 g/mol. The molecular formula is C13H9NO2S. The molecule has 2 aromatic heterocycles. The Bertz CT molecular complexity index is 696. The number of carbonyl (C=O) groups is 1. The summed E-state index contributed by atoms with van der Waals surface area (Å²) in [4.78, 5) is 14.7. The first-order valence-corrected chi connectivity index (χ1v) is 6.02. The van der Waals surface area contributed by atoms with Gasteiger partial charge in [-0.15, -0.1) is 11.3 Å². The molecule has 2 heterocycles. The van der Waals surface area contributed by atoms with Crippen LogP contribution >= 0.6 is 11.3 Å². The lowest BCUT2D eigenvalue weighted by molar-refractivity contribution is 0.0703. The molecule has 0 spiro atoms. The second-order valence-electron chi connectivity index (χ2n) is 3.72. The molecule has 0 radical (unpaired) electrons. The van der Waals surface area contributed by atoms with Crippen molar-refractivity contribution in [2.45, 2.75) is 0 Å². The van der Waals surface area contributed by atoms with Crippen LogP contribution in [0.4, 0.5) is 0 Å². The third-order valence-electron chi connectivity index (χ3n) is 2.74. The second kappa shape index (κ2) is 3.75. The number of hydrogen-bond acceptors (Lipinski definition) is 2. The molecule has 0 aliphatic heterocycles. The topological polar surface area (TPSA) is 53.1 Å². The van der Waals surface area contributed by atoms with E-state index in [1.165, 1.54) is 11.3 Å². The maximum Gasteiger partial charge on any atom is 0.346 e. The van der Waals surface area contributed by atoms with Crippen LogP contribution in [-0.2, 0) is 0 Å². The van der Waals surface area contributed by atoms with E-state index in [2.05, 4.69) is 4.98 Å². The van der Waals surface area contributed by atoms with Gasteiger partial charge in [0.15, 0.2) is 0 Å². The zero-order valence-electron chi connectivity index (χ0n) is 8.81. The molecule has 0 unspecified atom stereocenters. The zero-order valence-corrected chi connectivity index (χ0v) is 9.62. The molecule has 1 aromatic carbocycles. The first-order valence-electron chi connectivity index (χ1n) is 5.14. The molecule has 2 N–H and O–H groups in total. The number of hydrogen-bond donors (Lipinski definition) is 2. The highest BCUT2D eigenvalue weighted by Crippen LogP contribution is 2.32. The van der Waals surface area contributed by atoms with Crippen molar-refractivity contribution in [3.05, 3.63) is 46.8 Å². The summed E-state index contributed by atoms with van der Waals surface area (Å²) in [6.45, 7) is 0. The molecule has 0 aliphatic carbocycles. The van der Waals surface area contributed by atoms with Crippen LogP contribution in [0.15, 0.2) is 41.9 Å². The lowest BCUT2D eigenvalue weighted by Crippen LogP contribution is -1.94. The Kier molecular flexibility index (Phi) is 2.23. The highest BCUT2D eigenvalue weighted by molar-refractivity contribution is 7.12. The van der Waals surface area contributed by atoms with E-state index in [-0.39, 0.29) is 0 Å². The molecule has 3 rings (SSSR count). The maximum absolute atomic E-state index is 11.1. The van der Waals surface area contributed by atoms with Crippen molar-refractivity contribution in [2.24, 2.45) is 0 Å². The molecule has 0 amide bonds. The Labute approximate surface area is 101 Å². The molecule has 0 aliphatic rings. The Morgan fingerprint density at radius 2 is 2.06 bits per heavy atom. The summed E-state index contributed by atoms with van der Waals surface area (Å²) in [5.74, 6) is -0.876. The summed E-state index contributed by atoms with van der Waals surface area (Å²) in [6, 6.07) is 9.71. The van der Waals surface area contributed by atoms with Crippen molar-refractivity contribution >= 4 is 28.2 Å². The number of aromatic amines is 1. The van der Waals surface area contributed by atoms with Crippen LogP contribution in [-0.4, -0.2) is 16.1 Å². The van der Waals surface area contributed by atoms with Gasteiger partial charge in [0, 0.05) is 17.3 Å². The van der Waals surface area contributed by atoms with Crippen LogP contribution in [0.3, 0.4) is 0 Å². The van der Waals surface area contributed by atoms with Crippen LogP contribution in [0.5, 0.6) is 0 Å². The van der Waals surface area contributed by atoms with Gasteiger partial charge in [-0.3, -0.25) is 0 Å². The molecule has 4 heteroatoms. The fourth-order valence-corrected chi connectivity index (χ4v) is 2.74. The lowest BCUT2D eigenvalue weighted by Gasteiger charge is -2.02. The van der Waals surface area contributed by atoms with E-state index >= 15 is 0 Å². The first-order chi connectivity index (χ1) is 8.27. The predicted molar refractivity (Wildman–Crippen MR) is 68.6 cm³/mol. The fraction of sp³-hybridized carbons (Fsp3) is 0. The van der Waals surface area contributed by atoms with Gasteiger partial charge in [-0.05, 0) is 22.9 Å². The van der Waals surface area contributed by atoms with Gasteiger partial charge >= 0.3 is 5.97 Å². The summed E-state index contributed by atoms with van der Waals surface area (Å²) < 4.78 is 0. The molecule has 3 aromatic rings. The van der Waals surface area contributed by atoms with E-state index in [9.17, 15) is 4.79 Å². The number of carboxylic acid groups (broad SMARTS) is 1. The van der Waals surface area contributed by atoms with E-state index in [0.717, 1.165) is 22.0 Å². The Morgan fingerprint density at radius 3 is 2.88 bits per heavy atom. The van der Waals surface area contributed by atoms with E-state index in [0.29, 0.717) is 4.88 Å². The van der Waals surface area contributed by atoms with Crippen molar-refractivity contribution in [3.63, 3.8) is 0 Å². The number of fused-ring (bicyclic) bond motifs is 1. The van der Waals surface area contributed by atoms with Crippen LogP contribution in [0, 0.1) is 0 Å². The molecule has 0 saturated carbocycles. The monoisotopic (exact) mass is 243 g/mol. The smallest absolute Gasteiger partial charge is 0.346 e. The maximum atomic E-state index is 11.1. The molecule has 84 valence electrons. The number of carboxylic acids is 1. The van der Waals surface area contributed by atoms with Gasteiger partial charge in [-0.2, -0.15) is 0 Å². The summed E-state index contributed by atoms with van der Waals surface area (Å²) in [5.41, 5.74) is 2.69. The largest absolute Gasteiger partial charge is 0.477 e. The second-order valence-corrected chi connectivity index (χ2v) is 4.63. The molecule has 17 heavy (non-hydrogen) atoms. The van der Waals surface area contributed by atoms with Crippen LogP contribution in [0.2, 0.25) is 0 Å². The number of rotatable bonds is 2. The molecular weight excluding hydrogens is 234 g/mol. The fourth-order valence-electron chi connectivity index (χ4n) is 2.00. The highest BCUT2D eigenvalue weighted by atomic mass is 32.1. The molecule has 0 atom stereocenters. The SMILES string of the molecule is O=C(O)c1sccc1-c1cccc2cc[nH]c12. The third-order valence-corrected chi connectivity index (χ3v) is 3.64.